The van der Waals surface area contributed by atoms with Crippen molar-refractivity contribution >= 4 is 24.0 Å². The molecule has 1 fully saturated rings. The molecule has 5 heteroatoms. The van der Waals surface area contributed by atoms with E-state index in [1.807, 2.05) is 19.2 Å². The molecule has 0 bridgehead atoms. The molecular weight excluding hydrogens is 274 g/mol. The van der Waals surface area contributed by atoms with Gasteiger partial charge in [0.25, 0.3) is 0 Å². The Hall–Kier alpha value is -1.10. The molecular formula is C15H24ClN3O. The van der Waals surface area contributed by atoms with E-state index in [0.29, 0.717) is 6.04 Å². The minimum Gasteiger partial charge on any atom is -0.326 e. The Bertz CT molecular complexity index is 414. The molecule has 1 aromatic carbocycles. The fourth-order valence-corrected chi connectivity index (χ4v) is 2.53. The van der Waals surface area contributed by atoms with Crippen LogP contribution in [0.15, 0.2) is 24.3 Å². The van der Waals surface area contributed by atoms with Gasteiger partial charge in [0.1, 0.15) is 0 Å². The number of carbonyl (C=O) groups excluding carboxylic acids is 1. The quantitative estimate of drug-likeness (QED) is 0.896. The van der Waals surface area contributed by atoms with Crippen LogP contribution in [0.25, 0.3) is 0 Å². The van der Waals surface area contributed by atoms with Crippen LogP contribution in [-0.2, 0) is 11.3 Å². The third-order valence-corrected chi connectivity index (χ3v) is 3.68. The maximum atomic E-state index is 10.9. The van der Waals surface area contributed by atoms with Crippen molar-refractivity contribution in [2.24, 2.45) is 0 Å². The van der Waals surface area contributed by atoms with Gasteiger partial charge in [0.2, 0.25) is 5.91 Å². The zero-order valence-corrected chi connectivity index (χ0v) is 13.0. The fourth-order valence-electron chi connectivity index (χ4n) is 2.53. The summed E-state index contributed by atoms with van der Waals surface area (Å²) in [7, 11) is 2.04. The minimum atomic E-state index is -0.0260. The summed E-state index contributed by atoms with van der Waals surface area (Å²) in [6.45, 7) is 4.83. The number of piperidine rings is 1. The van der Waals surface area contributed by atoms with Crippen LogP contribution in [0.5, 0.6) is 0 Å². The third kappa shape index (κ3) is 5.12. The number of benzene rings is 1. The van der Waals surface area contributed by atoms with E-state index in [0.717, 1.165) is 25.3 Å². The number of hydrogen-bond donors (Lipinski definition) is 2. The summed E-state index contributed by atoms with van der Waals surface area (Å²) in [6.07, 6.45) is 2.45. The first kappa shape index (κ1) is 17.0. The molecule has 0 radical (unpaired) electrons. The van der Waals surface area contributed by atoms with Crippen molar-refractivity contribution in [3.8, 4) is 0 Å². The summed E-state index contributed by atoms with van der Waals surface area (Å²) in [5, 5.41) is 6.14. The molecule has 0 atom stereocenters. The largest absolute Gasteiger partial charge is 0.326 e. The highest BCUT2D eigenvalue weighted by atomic mass is 35.5. The van der Waals surface area contributed by atoms with Crippen molar-refractivity contribution in [3.05, 3.63) is 29.8 Å². The monoisotopic (exact) mass is 297 g/mol. The Balaban J connectivity index is 0.00000200. The molecule has 112 valence electrons. The van der Waals surface area contributed by atoms with Crippen molar-refractivity contribution in [2.45, 2.75) is 32.4 Å². The lowest BCUT2D eigenvalue weighted by Gasteiger charge is -2.31. The number of nitrogens with one attached hydrogen (secondary N) is 2. The highest BCUT2D eigenvalue weighted by Gasteiger charge is 2.17. The van der Waals surface area contributed by atoms with E-state index in [2.05, 4.69) is 27.7 Å². The Morgan fingerprint density at radius 3 is 2.35 bits per heavy atom. The lowest BCUT2D eigenvalue weighted by Crippen LogP contribution is -2.40. The van der Waals surface area contributed by atoms with Gasteiger partial charge in [-0.25, -0.2) is 0 Å². The minimum absolute atomic E-state index is 0. The normalized spacial score (nSPS) is 16.5. The zero-order chi connectivity index (χ0) is 13.7. The summed E-state index contributed by atoms with van der Waals surface area (Å²) in [5.41, 5.74) is 2.17. The number of rotatable bonds is 4. The number of anilines is 1. The van der Waals surface area contributed by atoms with E-state index in [9.17, 15) is 4.79 Å². The summed E-state index contributed by atoms with van der Waals surface area (Å²) in [5.74, 6) is -0.0260. The van der Waals surface area contributed by atoms with Crippen LogP contribution in [0.3, 0.4) is 0 Å². The molecule has 0 spiro atoms. The van der Waals surface area contributed by atoms with Gasteiger partial charge in [-0.2, -0.15) is 0 Å². The van der Waals surface area contributed by atoms with Crippen LogP contribution in [0.1, 0.15) is 25.3 Å². The molecule has 0 aromatic heterocycles. The number of amides is 1. The van der Waals surface area contributed by atoms with Gasteiger partial charge >= 0.3 is 0 Å². The molecule has 2 N–H and O–H groups in total. The van der Waals surface area contributed by atoms with Crippen LogP contribution >= 0.6 is 12.4 Å². The molecule has 0 saturated carbocycles. The van der Waals surface area contributed by atoms with Crippen LogP contribution in [-0.4, -0.2) is 37.0 Å². The highest BCUT2D eigenvalue weighted by Crippen LogP contribution is 2.15. The van der Waals surface area contributed by atoms with E-state index in [1.54, 1.807) is 0 Å². The summed E-state index contributed by atoms with van der Waals surface area (Å²) >= 11 is 0. The molecule has 20 heavy (non-hydrogen) atoms. The first-order valence-corrected chi connectivity index (χ1v) is 6.93. The van der Waals surface area contributed by atoms with Gasteiger partial charge in [0, 0.05) is 25.2 Å². The molecule has 1 amide bonds. The first-order valence-electron chi connectivity index (χ1n) is 6.93. The third-order valence-electron chi connectivity index (χ3n) is 3.68. The van der Waals surface area contributed by atoms with Crippen molar-refractivity contribution in [1.82, 2.24) is 10.2 Å². The van der Waals surface area contributed by atoms with Gasteiger partial charge < -0.3 is 10.6 Å². The molecule has 1 saturated heterocycles. The topological polar surface area (TPSA) is 44.4 Å². The number of carbonyl (C=O) groups is 1. The Labute approximate surface area is 127 Å². The second kappa shape index (κ2) is 8.25. The SMILES string of the molecule is CNC1CCN(Cc2ccc(NC(C)=O)cc2)CC1.Cl. The van der Waals surface area contributed by atoms with Crippen LogP contribution in [0, 0.1) is 0 Å². The molecule has 1 aromatic rings. The van der Waals surface area contributed by atoms with E-state index >= 15 is 0 Å². The zero-order valence-electron chi connectivity index (χ0n) is 12.2. The Kier molecular flexibility index (Phi) is 6.99. The van der Waals surface area contributed by atoms with Crippen molar-refractivity contribution in [1.29, 1.82) is 0 Å². The number of likely N-dealkylation sites (tertiary alicyclic amines) is 1. The average Bonchev–Trinajstić information content (AvgIpc) is 2.41. The van der Waals surface area contributed by atoms with Crippen LogP contribution in [0.4, 0.5) is 5.69 Å². The van der Waals surface area contributed by atoms with Crippen LogP contribution < -0.4 is 10.6 Å². The Morgan fingerprint density at radius 1 is 1.25 bits per heavy atom. The molecule has 0 unspecified atom stereocenters. The average molecular weight is 298 g/mol. The summed E-state index contributed by atoms with van der Waals surface area (Å²) < 4.78 is 0. The number of halogens is 1. The van der Waals surface area contributed by atoms with E-state index < -0.39 is 0 Å². The standard InChI is InChI=1S/C15H23N3O.ClH/c1-12(19)17-15-5-3-13(4-6-15)11-18-9-7-14(16-2)8-10-18;/h3-6,14,16H,7-11H2,1-2H3,(H,17,19);1H. The van der Waals surface area contributed by atoms with Crippen LogP contribution in [0.2, 0.25) is 0 Å². The second-order valence-corrected chi connectivity index (χ2v) is 5.22. The lowest BCUT2D eigenvalue weighted by atomic mass is 10.0. The van der Waals surface area contributed by atoms with Gasteiger partial charge in [-0.15, -0.1) is 12.4 Å². The fraction of sp³-hybridized carbons (Fsp3) is 0.533. The summed E-state index contributed by atoms with van der Waals surface area (Å²) in [4.78, 5) is 13.4. The molecule has 1 aliphatic rings. The molecule has 4 nitrogen and oxygen atoms in total. The number of nitrogens with zero attached hydrogens (tertiary/aromatic N) is 1. The molecule has 0 aliphatic carbocycles. The van der Waals surface area contributed by atoms with Crippen molar-refractivity contribution < 1.29 is 4.79 Å². The smallest absolute Gasteiger partial charge is 0.221 e. The van der Waals surface area contributed by atoms with Gasteiger partial charge in [-0.1, -0.05) is 12.1 Å². The predicted octanol–water partition coefficient (Wildman–Crippen LogP) is 2.25. The van der Waals surface area contributed by atoms with Crippen molar-refractivity contribution in [2.75, 3.05) is 25.5 Å². The second-order valence-electron chi connectivity index (χ2n) is 5.22. The van der Waals surface area contributed by atoms with Gasteiger partial charge in [-0.3, -0.25) is 9.69 Å². The van der Waals surface area contributed by atoms with E-state index in [4.69, 9.17) is 0 Å². The maximum absolute atomic E-state index is 10.9. The predicted molar refractivity (Wildman–Crippen MR) is 85.4 cm³/mol. The summed E-state index contributed by atoms with van der Waals surface area (Å²) in [6, 6.07) is 8.80. The van der Waals surface area contributed by atoms with Gasteiger partial charge in [-0.05, 0) is 50.7 Å². The lowest BCUT2D eigenvalue weighted by molar-refractivity contribution is -0.114. The maximum Gasteiger partial charge on any atom is 0.221 e. The molecule has 1 heterocycles. The van der Waals surface area contributed by atoms with Gasteiger partial charge in [0.15, 0.2) is 0 Å². The number of hydrogen-bond acceptors (Lipinski definition) is 3. The first-order chi connectivity index (χ1) is 9.17. The van der Waals surface area contributed by atoms with E-state index in [1.165, 1.54) is 25.3 Å². The molecule has 2 rings (SSSR count). The van der Waals surface area contributed by atoms with Gasteiger partial charge in [0.05, 0.1) is 0 Å². The highest BCUT2D eigenvalue weighted by molar-refractivity contribution is 5.88. The van der Waals surface area contributed by atoms with E-state index in [-0.39, 0.29) is 18.3 Å². The molecule has 1 aliphatic heterocycles. The van der Waals surface area contributed by atoms with Crippen molar-refractivity contribution in [3.63, 3.8) is 0 Å². The Morgan fingerprint density at radius 2 is 1.85 bits per heavy atom.